The lowest BCUT2D eigenvalue weighted by molar-refractivity contribution is 1.18. The van der Waals surface area contributed by atoms with Gasteiger partial charge in [-0.2, -0.15) is 0 Å². The van der Waals surface area contributed by atoms with Crippen LogP contribution < -0.4 is 0 Å². The van der Waals surface area contributed by atoms with E-state index in [0.717, 1.165) is 0 Å². The van der Waals surface area contributed by atoms with Crippen LogP contribution in [0.1, 0.15) is 0 Å². The number of thiophene rings is 2. The Bertz CT molecular complexity index is 4910. The lowest BCUT2D eigenvalue weighted by Crippen LogP contribution is -1.93. The molecule has 0 unspecified atom stereocenters. The van der Waals surface area contributed by atoms with Crippen molar-refractivity contribution in [2.24, 2.45) is 0 Å². The van der Waals surface area contributed by atoms with Crippen LogP contribution >= 0.6 is 22.7 Å². The third kappa shape index (κ3) is 5.64. The van der Waals surface area contributed by atoms with E-state index in [9.17, 15) is 0 Å². The molecule has 0 spiro atoms. The quantitative estimate of drug-likeness (QED) is 0.123. The maximum absolute atomic E-state index is 2.53. The Morgan fingerprint density at radius 2 is 0.622 bits per heavy atom. The first-order valence-corrected chi connectivity index (χ1v) is 27.0. The van der Waals surface area contributed by atoms with E-state index >= 15 is 0 Å². The molecule has 13 aromatic carbocycles. The Morgan fingerprint density at radius 1 is 0.243 bits per heavy atom. The van der Waals surface area contributed by atoms with Crippen molar-refractivity contribution in [1.82, 2.24) is 9.13 Å². The molecule has 17 rings (SSSR count). The maximum atomic E-state index is 2.53. The Hall–Kier alpha value is -9.06. The highest BCUT2D eigenvalue weighted by Gasteiger charge is 2.22. The summed E-state index contributed by atoms with van der Waals surface area (Å²) >= 11 is 3.85. The summed E-state index contributed by atoms with van der Waals surface area (Å²) in [6.45, 7) is 0. The van der Waals surface area contributed by atoms with E-state index in [1.807, 2.05) is 22.7 Å². The molecule has 0 atom stereocenters. The molecule has 0 aliphatic heterocycles. The molecule has 2 nitrogen and oxygen atoms in total. The van der Waals surface area contributed by atoms with E-state index in [2.05, 4.69) is 252 Å². The van der Waals surface area contributed by atoms with Gasteiger partial charge in [-0.3, -0.25) is 0 Å². The first-order chi connectivity index (χ1) is 36.7. The van der Waals surface area contributed by atoms with E-state index in [-0.39, 0.29) is 0 Å². The maximum Gasteiger partial charge on any atom is 0.0541 e. The molecular weight excluding hydrogens is 933 g/mol. The second-order valence-electron chi connectivity index (χ2n) is 19.9. The fourth-order valence-electron chi connectivity index (χ4n) is 12.8. The number of hydrogen-bond acceptors (Lipinski definition) is 2. The number of benzene rings is 13. The van der Waals surface area contributed by atoms with Gasteiger partial charge in [0.25, 0.3) is 0 Å². The van der Waals surface area contributed by atoms with Crippen molar-refractivity contribution in [2.45, 2.75) is 0 Å². The fourth-order valence-corrected chi connectivity index (χ4v) is 15.3. The number of fused-ring (bicyclic) bond motifs is 20. The van der Waals surface area contributed by atoms with Gasteiger partial charge in [0.15, 0.2) is 0 Å². The lowest BCUT2D eigenvalue weighted by Gasteiger charge is -2.17. The van der Waals surface area contributed by atoms with Crippen molar-refractivity contribution in [3.63, 3.8) is 0 Å². The highest BCUT2D eigenvalue weighted by atomic mass is 32.1. The SMILES string of the molecule is c1ccc(-n2c3ccccc3c3cc(-c4cc5cc6c(cc(-c7ccc8c(c7)c7ccccc7n8-c7ccccc7)c7ccc8c9ccccc9sc8c76)cc5c5c4ccc4c6ccccc6sc45)ccc32)cc1. The molecule has 0 bridgehead atoms. The van der Waals surface area contributed by atoms with Crippen LogP contribution in [0, 0.1) is 0 Å². The molecule has 0 aliphatic carbocycles. The third-order valence-corrected chi connectivity index (χ3v) is 18.4. The van der Waals surface area contributed by atoms with Crippen LogP contribution in [-0.4, -0.2) is 9.13 Å². The molecule has 4 heterocycles. The zero-order chi connectivity index (χ0) is 48.2. The van der Waals surface area contributed by atoms with Crippen molar-refractivity contribution in [3.8, 4) is 33.6 Å². The van der Waals surface area contributed by atoms with E-state index in [1.54, 1.807) is 0 Å². The summed E-state index contributed by atoms with van der Waals surface area (Å²) in [6.07, 6.45) is 0. The van der Waals surface area contributed by atoms with Gasteiger partial charge in [0.1, 0.15) is 0 Å². The van der Waals surface area contributed by atoms with Crippen molar-refractivity contribution >= 4 is 150 Å². The van der Waals surface area contributed by atoms with Crippen molar-refractivity contribution in [2.75, 3.05) is 0 Å². The zero-order valence-electron chi connectivity index (χ0n) is 39.8. The minimum atomic E-state index is 1.17. The Labute approximate surface area is 432 Å². The minimum absolute atomic E-state index is 1.17. The molecular formula is C70H40N2S2. The van der Waals surface area contributed by atoms with Gasteiger partial charge in [-0.1, -0.05) is 146 Å². The van der Waals surface area contributed by atoms with E-state index in [0.29, 0.717) is 0 Å². The van der Waals surface area contributed by atoms with Crippen molar-refractivity contribution < 1.29 is 0 Å². The predicted octanol–water partition coefficient (Wildman–Crippen LogP) is 20.6. The summed E-state index contributed by atoms with van der Waals surface area (Å²) in [5.41, 5.74) is 12.1. The van der Waals surface area contributed by atoms with Gasteiger partial charge in [-0.25, -0.2) is 0 Å². The second-order valence-corrected chi connectivity index (χ2v) is 22.0. The molecule has 342 valence electrons. The van der Waals surface area contributed by atoms with Gasteiger partial charge in [-0.15, -0.1) is 22.7 Å². The van der Waals surface area contributed by atoms with Gasteiger partial charge in [0, 0.05) is 84.0 Å². The summed E-state index contributed by atoms with van der Waals surface area (Å²) in [6, 6.07) is 91.0. The monoisotopic (exact) mass is 972 g/mol. The molecule has 0 fully saturated rings. The number of rotatable bonds is 4. The largest absolute Gasteiger partial charge is 0.309 e. The normalized spacial score (nSPS) is 12.3. The Morgan fingerprint density at radius 3 is 1.08 bits per heavy atom. The van der Waals surface area contributed by atoms with Gasteiger partial charge in [0.05, 0.1) is 22.1 Å². The van der Waals surface area contributed by atoms with Crippen LogP contribution in [-0.2, 0) is 0 Å². The molecule has 0 saturated heterocycles. The summed E-state index contributed by atoms with van der Waals surface area (Å²) in [7, 11) is 0. The summed E-state index contributed by atoms with van der Waals surface area (Å²) < 4.78 is 10.1. The predicted molar refractivity (Wildman–Crippen MR) is 322 cm³/mol. The summed E-state index contributed by atoms with van der Waals surface area (Å²) in [5, 5.41) is 20.5. The molecule has 0 N–H and O–H groups in total. The van der Waals surface area contributed by atoms with Gasteiger partial charge in [-0.05, 0) is 152 Å². The molecule has 0 aliphatic rings. The smallest absolute Gasteiger partial charge is 0.0541 e. The highest BCUT2D eigenvalue weighted by Crippen LogP contribution is 2.50. The molecule has 4 heteroatoms. The van der Waals surface area contributed by atoms with Crippen molar-refractivity contribution in [1.29, 1.82) is 0 Å². The van der Waals surface area contributed by atoms with Gasteiger partial charge >= 0.3 is 0 Å². The van der Waals surface area contributed by atoms with Crippen LogP contribution in [0.15, 0.2) is 243 Å². The van der Waals surface area contributed by atoms with Crippen LogP contribution in [0.4, 0.5) is 0 Å². The molecule has 74 heavy (non-hydrogen) atoms. The summed E-state index contributed by atoms with van der Waals surface area (Å²) in [5.74, 6) is 0. The number of hydrogen-bond donors (Lipinski definition) is 0. The first-order valence-electron chi connectivity index (χ1n) is 25.4. The van der Waals surface area contributed by atoms with E-state index < -0.39 is 0 Å². The highest BCUT2D eigenvalue weighted by molar-refractivity contribution is 7.27. The molecule has 17 aromatic rings. The third-order valence-electron chi connectivity index (χ3n) is 16.0. The van der Waals surface area contributed by atoms with E-state index in [4.69, 9.17) is 0 Å². The van der Waals surface area contributed by atoms with Gasteiger partial charge in [0.2, 0.25) is 0 Å². The van der Waals surface area contributed by atoms with Crippen LogP contribution in [0.5, 0.6) is 0 Å². The standard InChI is InChI=1S/C70H40N2S2/c1-3-15-45(16-4-1)71-61-23-11-7-19-47(61)59-35-41(27-33-63(59)71)55-37-43-39-58-44(40-57(43)67-51(55)29-31-53-49-21-9-13-25-65(49)73-69(53)67)38-56(52-30-32-54-50-22-10-14-26-66(50)74-70(54)68(52)58)42-28-34-64-60(36-42)48-20-8-12-24-62(48)72(64)46-17-5-2-6-18-46/h1-40H. The van der Waals surface area contributed by atoms with Crippen LogP contribution in [0.25, 0.3) is 161 Å². The zero-order valence-corrected chi connectivity index (χ0v) is 41.4. The van der Waals surface area contributed by atoms with Gasteiger partial charge < -0.3 is 9.13 Å². The lowest BCUT2D eigenvalue weighted by atomic mass is 9.87. The topological polar surface area (TPSA) is 9.86 Å². The molecule has 0 saturated carbocycles. The van der Waals surface area contributed by atoms with Crippen LogP contribution in [0.3, 0.4) is 0 Å². The first kappa shape index (κ1) is 40.5. The number of para-hydroxylation sites is 4. The Balaban J connectivity index is 0.986. The Kier molecular flexibility index (Phi) is 8.34. The van der Waals surface area contributed by atoms with Crippen LogP contribution in [0.2, 0.25) is 0 Å². The minimum Gasteiger partial charge on any atom is -0.309 e. The average molecular weight is 973 g/mol. The van der Waals surface area contributed by atoms with E-state index in [1.165, 1.54) is 161 Å². The number of aromatic nitrogens is 2. The molecule has 4 aromatic heterocycles. The second kappa shape index (κ2) is 15.2. The van der Waals surface area contributed by atoms with Crippen molar-refractivity contribution in [3.05, 3.63) is 243 Å². The average Bonchev–Trinajstić information content (AvgIpc) is 4.22. The molecule has 0 amide bonds. The molecule has 0 radical (unpaired) electrons. The number of nitrogens with zero attached hydrogens (tertiary/aromatic N) is 2. The summed E-state index contributed by atoms with van der Waals surface area (Å²) in [4.78, 5) is 0. The fraction of sp³-hybridized carbons (Fsp3) is 0.